The summed E-state index contributed by atoms with van der Waals surface area (Å²) < 4.78 is 5.14. The van der Waals surface area contributed by atoms with E-state index in [2.05, 4.69) is 10.6 Å². The highest BCUT2D eigenvalue weighted by Gasteiger charge is 2.36. The van der Waals surface area contributed by atoms with Gasteiger partial charge in [-0.05, 0) is 57.0 Å². The molecule has 0 aliphatic rings. The molecule has 0 atom stereocenters. The van der Waals surface area contributed by atoms with Gasteiger partial charge in [-0.3, -0.25) is 9.59 Å². The molecular formula is C20H24N2O3. The Morgan fingerprint density at radius 3 is 2.32 bits per heavy atom. The van der Waals surface area contributed by atoms with Crippen LogP contribution in [0, 0.1) is 19.3 Å². The van der Waals surface area contributed by atoms with Crippen LogP contribution >= 0.6 is 0 Å². The Labute approximate surface area is 148 Å². The first-order valence-corrected chi connectivity index (χ1v) is 8.08. The summed E-state index contributed by atoms with van der Waals surface area (Å²) in [6.45, 7) is 7.07. The number of aryl methyl sites for hydroxylation is 2. The highest BCUT2D eigenvalue weighted by atomic mass is 16.5. The molecule has 5 heteroatoms. The molecule has 0 fully saturated rings. The molecule has 0 spiro atoms. The topological polar surface area (TPSA) is 67.4 Å². The van der Waals surface area contributed by atoms with Gasteiger partial charge in [-0.25, -0.2) is 0 Å². The monoisotopic (exact) mass is 340 g/mol. The maximum atomic E-state index is 12.7. The van der Waals surface area contributed by atoms with Crippen LogP contribution in [0.25, 0.3) is 0 Å². The SMILES string of the molecule is COc1cccc(NC(=O)C(C)(C)C(=O)Nc2cc(C)ccc2C)c1. The quantitative estimate of drug-likeness (QED) is 0.811. The predicted octanol–water partition coefficient (Wildman–Crippen LogP) is 3.92. The third-order valence-corrected chi connectivity index (χ3v) is 4.10. The molecule has 0 radical (unpaired) electrons. The maximum Gasteiger partial charge on any atom is 0.239 e. The fraction of sp³-hybridized carbons (Fsp3) is 0.300. The van der Waals surface area contributed by atoms with Gasteiger partial charge in [0.1, 0.15) is 11.2 Å². The van der Waals surface area contributed by atoms with Crippen LogP contribution in [0.2, 0.25) is 0 Å². The van der Waals surface area contributed by atoms with E-state index in [1.807, 2.05) is 32.0 Å². The van der Waals surface area contributed by atoms with Gasteiger partial charge in [0, 0.05) is 17.4 Å². The van der Waals surface area contributed by atoms with E-state index in [0.717, 1.165) is 11.1 Å². The Hall–Kier alpha value is -2.82. The smallest absolute Gasteiger partial charge is 0.239 e. The molecule has 0 unspecified atom stereocenters. The fourth-order valence-electron chi connectivity index (χ4n) is 2.24. The lowest BCUT2D eigenvalue weighted by molar-refractivity contribution is -0.135. The largest absolute Gasteiger partial charge is 0.497 e. The summed E-state index contributed by atoms with van der Waals surface area (Å²) in [5, 5.41) is 5.63. The third-order valence-electron chi connectivity index (χ3n) is 4.10. The first-order valence-electron chi connectivity index (χ1n) is 8.08. The van der Waals surface area contributed by atoms with Crippen molar-refractivity contribution >= 4 is 23.2 Å². The summed E-state index contributed by atoms with van der Waals surface area (Å²) in [6, 6.07) is 12.8. The maximum absolute atomic E-state index is 12.7. The van der Waals surface area contributed by atoms with Gasteiger partial charge in [0.25, 0.3) is 0 Å². The summed E-state index contributed by atoms with van der Waals surface area (Å²) in [7, 11) is 1.56. The Kier molecular flexibility index (Phi) is 5.47. The Bertz CT molecular complexity index is 797. The van der Waals surface area contributed by atoms with Crippen molar-refractivity contribution in [3.05, 3.63) is 53.6 Å². The van der Waals surface area contributed by atoms with Crippen molar-refractivity contribution in [3.63, 3.8) is 0 Å². The number of methoxy groups -OCH3 is 1. The second-order valence-corrected chi connectivity index (χ2v) is 6.58. The molecule has 2 aromatic carbocycles. The van der Waals surface area contributed by atoms with Gasteiger partial charge in [-0.15, -0.1) is 0 Å². The zero-order chi connectivity index (χ0) is 18.6. The van der Waals surface area contributed by atoms with Crippen molar-refractivity contribution in [1.29, 1.82) is 0 Å². The van der Waals surface area contributed by atoms with E-state index < -0.39 is 5.41 Å². The molecule has 25 heavy (non-hydrogen) atoms. The third kappa shape index (κ3) is 4.38. The van der Waals surface area contributed by atoms with Crippen molar-refractivity contribution in [2.75, 3.05) is 17.7 Å². The molecule has 0 bridgehead atoms. The van der Waals surface area contributed by atoms with Gasteiger partial charge in [-0.2, -0.15) is 0 Å². The van der Waals surface area contributed by atoms with Gasteiger partial charge in [0.15, 0.2) is 0 Å². The molecule has 5 nitrogen and oxygen atoms in total. The van der Waals surface area contributed by atoms with Crippen LogP contribution < -0.4 is 15.4 Å². The number of carbonyl (C=O) groups excluding carboxylic acids is 2. The summed E-state index contributed by atoms with van der Waals surface area (Å²) >= 11 is 0. The molecule has 2 rings (SSSR count). The second kappa shape index (κ2) is 7.38. The molecule has 0 aromatic heterocycles. The standard InChI is InChI=1S/C20H24N2O3/c1-13-9-10-14(2)17(11-13)22-19(24)20(3,4)18(23)21-15-7-6-8-16(12-15)25-5/h6-12H,1-5H3,(H,21,23)(H,22,24). The Balaban J connectivity index is 2.14. The zero-order valence-electron chi connectivity index (χ0n) is 15.3. The highest BCUT2D eigenvalue weighted by Crippen LogP contribution is 2.25. The summed E-state index contributed by atoms with van der Waals surface area (Å²) in [4.78, 5) is 25.3. The zero-order valence-corrected chi connectivity index (χ0v) is 15.3. The van der Waals surface area contributed by atoms with Crippen LogP contribution in [0.5, 0.6) is 5.75 Å². The minimum absolute atomic E-state index is 0.360. The molecule has 2 N–H and O–H groups in total. The first-order chi connectivity index (χ1) is 11.7. The number of carbonyl (C=O) groups is 2. The molecule has 0 heterocycles. The molecule has 132 valence electrons. The molecule has 0 aliphatic carbocycles. The van der Waals surface area contributed by atoms with Crippen molar-refractivity contribution in [2.45, 2.75) is 27.7 Å². The number of ether oxygens (including phenoxy) is 1. The van der Waals surface area contributed by atoms with Crippen LogP contribution in [0.4, 0.5) is 11.4 Å². The van der Waals surface area contributed by atoms with Gasteiger partial charge in [0.05, 0.1) is 7.11 Å². The molecule has 2 aromatic rings. The van der Waals surface area contributed by atoms with E-state index in [1.165, 1.54) is 0 Å². The van der Waals surface area contributed by atoms with E-state index in [1.54, 1.807) is 45.2 Å². The minimum Gasteiger partial charge on any atom is -0.497 e. The Morgan fingerprint density at radius 2 is 1.64 bits per heavy atom. The average Bonchev–Trinajstić information content (AvgIpc) is 2.58. The van der Waals surface area contributed by atoms with Crippen LogP contribution in [0.3, 0.4) is 0 Å². The fourth-order valence-corrected chi connectivity index (χ4v) is 2.24. The summed E-state index contributed by atoms with van der Waals surface area (Å²) in [6.07, 6.45) is 0. The van der Waals surface area contributed by atoms with E-state index in [-0.39, 0.29) is 11.8 Å². The normalized spacial score (nSPS) is 10.9. The lowest BCUT2D eigenvalue weighted by atomic mass is 9.90. The first kappa shape index (κ1) is 18.5. The summed E-state index contributed by atoms with van der Waals surface area (Å²) in [5.74, 6) is -0.111. The van der Waals surface area contributed by atoms with Crippen molar-refractivity contribution in [3.8, 4) is 5.75 Å². The van der Waals surface area contributed by atoms with Crippen molar-refractivity contribution in [2.24, 2.45) is 5.41 Å². The molecular weight excluding hydrogens is 316 g/mol. The molecule has 0 saturated heterocycles. The number of hydrogen-bond acceptors (Lipinski definition) is 3. The van der Waals surface area contributed by atoms with Gasteiger partial charge < -0.3 is 15.4 Å². The van der Waals surface area contributed by atoms with Crippen molar-refractivity contribution < 1.29 is 14.3 Å². The Morgan fingerprint density at radius 1 is 0.960 bits per heavy atom. The summed E-state index contributed by atoms with van der Waals surface area (Å²) in [5.41, 5.74) is 2.05. The number of amides is 2. The number of nitrogens with one attached hydrogen (secondary N) is 2. The number of hydrogen-bond donors (Lipinski definition) is 2. The average molecular weight is 340 g/mol. The van der Waals surface area contributed by atoms with Crippen molar-refractivity contribution in [1.82, 2.24) is 0 Å². The van der Waals surface area contributed by atoms with Gasteiger partial charge in [0.2, 0.25) is 11.8 Å². The second-order valence-electron chi connectivity index (χ2n) is 6.58. The lowest BCUT2D eigenvalue weighted by Crippen LogP contribution is -2.41. The van der Waals surface area contributed by atoms with Crippen LogP contribution in [0.15, 0.2) is 42.5 Å². The number of anilines is 2. The van der Waals surface area contributed by atoms with Gasteiger partial charge >= 0.3 is 0 Å². The number of benzene rings is 2. The van der Waals surface area contributed by atoms with Gasteiger partial charge in [-0.1, -0.05) is 18.2 Å². The molecule has 2 amide bonds. The lowest BCUT2D eigenvalue weighted by Gasteiger charge is -2.23. The van der Waals surface area contributed by atoms with E-state index in [4.69, 9.17) is 4.74 Å². The van der Waals surface area contributed by atoms with Crippen LogP contribution in [0.1, 0.15) is 25.0 Å². The van der Waals surface area contributed by atoms with Crippen LogP contribution in [-0.2, 0) is 9.59 Å². The molecule has 0 saturated carbocycles. The van der Waals surface area contributed by atoms with E-state index >= 15 is 0 Å². The minimum atomic E-state index is -1.24. The van der Waals surface area contributed by atoms with Crippen LogP contribution in [-0.4, -0.2) is 18.9 Å². The predicted molar refractivity (Wildman–Crippen MR) is 100.0 cm³/mol. The number of rotatable bonds is 5. The van der Waals surface area contributed by atoms with E-state index in [9.17, 15) is 9.59 Å². The molecule has 0 aliphatic heterocycles. The van der Waals surface area contributed by atoms with E-state index in [0.29, 0.717) is 17.1 Å². The highest BCUT2D eigenvalue weighted by molar-refractivity contribution is 6.14.